The molecule has 0 unspecified atom stereocenters. The highest BCUT2D eigenvalue weighted by Crippen LogP contribution is 2.38. The summed E-state index contributed by atoms with van der Waals surface area (Å²) in [5, 5.41) is 0. The molecular formula is C17H25F2NO2S. The summed E-state index contributed by atoms with van der Waals surface area (Å²) in [6, 6.07) is 3.72. The second-order valence-corrected chi connectivity index (χ2v) is 8.92. The number of nitrogens with zero attached hydrogens (tertiary/aromatic N) is 1. The summed E-state index contributed by atoms with van der Waals surface area (Å²) < 4.78 is 51.9. The molecule has 0 N–H and O–H groups in total. The summed E-state index contributed by atoms with van der Waals surface area (Å²) in [5.74, 6) is -0.401. The normalized spacial score (nSPS) is 19.2. The molecule has 0 amide bonds. The highest BCUT2D eigenvalue weighted by Gasteiger charge is 2.31. The first-order valence-corrected chi connectivity index (χ1v) is 9.92. The van der Waals surface area contributed by atoms with Crippen molar-refractivity contribution in [3.05, 3.63) is 35.4 Å². The Hall–Kier alpha value is -1.01. The third kappa shape index (κ3) is 4.98. The lowest BCUT2D eigenvalue weighted by Gasteiger charge is -2.36. The van der Waals surface area contributed by atoms with Crippen LogP contribution in [0, 0.1) is 23.5 Å². The van der Waals surface area contributed by atoms with E-state index in [9.17, 15) is 17.2 Å². The van der Waals surface area contributed by atoms with Crippen LogP contribution in [0.1, 0.15) is 44.6 Å². The molecule has 0 aliphatic carbocycles. The van der Waals surface area contributed by atoms with Gasteiger partial charge in [-0.2, -0.15) is 0 Å². The fourth-order valence-corrected chi connectivity index (χ4v) is 4.38. The first-order chi connectivity index (χ1) is 10.7. The maximum absolute atomic E-state index is 13.6. The topological polar surface area (TPSA) is 37.4 Å². The van der Waals surface area contributed by atoms with Gasteiger partial charge in [0.15, 0.2) is 0 Å². The third-order valence-electron chi connectivity index (χ3n) is 4.58. The fraction of sp³-hybridized carbons (Fsp3) is 0.647. The van der Waals surface area contributed by atoms with E-state index >= 15 is 0 Å². The minimum atomic E-state index is -3.16. The zero-order valence-electron chi connectivity index (χ0n) is 13.9. The Morgan fingerprint density at radius 3 is 2.09 bits per heavy atom. The molecule has 0 bridgehead atoms. The molecule has 1 fully saturated rings. The molecule has 1 aliphatic heterocycles. The first-order valence-electron chi connectivity index (χ1n) is 8.08. The Morgan fingerprint density at radius 2 is 1.65 bits per heavy atom. The summed E-state index contributed by atoms with van der Waals surface area (Å²) in [5.41, 5.74) is 0.689. The second-order valence-electron chi connectivity index (χ2n) is 6.94. The third-order valence-corrected chi connectivity index (χ3v) is 5.88. The van der Waals surface area contributed by atoms with Crippen molar-refractivity contribution in [2.45, 2.75) is 39.0 Å². The van der Waals surface area contributed by atoms with E-state index in [0.717, 1.165) is 25.3 Å². The Labute approximate surface area is 137 Å². The standard InChI is InChI=1S/C17H25F2NO2S/c1-12(2)8-17(14-9-15(18)11-16(19)10-14)13-4-6-20(7-5-13)23(3,21)22/h9-13,17H,4-8H2,1-3H3/t17-/m1/s1. The molecule has 0 aromatic heterocycles. The van der Waals surface area contributed by atoms with Crippen molar-refractivity contribution in [1.29, 1.82) is 0 Å². The van der Waals surface area contributed by atoms with E-state index in [4.69, 9.17) is 0 Å². The molecule has 1 aromatic carbocycles. The Kier molecular flexibility index (Phi) is 5.79. The first kappa shape index (κ1) is 18.3. The van der Waals surface area contributed by atoms with Crippen molar-refractivity contribution in [3.63, 3.8) is 0 Å². The van der Waals surface area contributed by atoms with Crippen LogP contribution in [0.4, 0.5) is 8.78 Å². The zero-order chi connectivity index (χ0) is 17.2. The van der Waals surface area contributed by atoms with Crippen molar-refractivity contribution < 1.29 is 17.2 Å². The minimum absolute atomic E-state index is 0.0573. The van der Waals surface area contributed by atoms with Crippen LogP contribution in [0.5, 0.6) is 0 Å². The van der Waals surface area contributed by atoms with Gasteiger partial charge in [-0.1, -0.05) is 13.8 Å². The van der Waals surface area contributed by atoms with E-state index in [1.165, 1.54) is 22.7 Å². The Bertz CT molecular complexity index is 618. The average molecular weight is 345 g/mol. The summed E-state index contributed by atoms with van der Waals surface area (Å²) in [6.07, 6.45) is 3.51. The predicted molar refractivity (Wildman–Crippen MR) is 87.7 cm³/mol. The lowest BCUT2D eigenvalue weighted by molar-refractivity contribution is 0.229. The van der Waals surface area contributed by atoms with Gasteiger partial charge in [-0.05, 0) is 54.7 Å². The predicted octanol–water partition coefficient (Wildman–Crippen LogP) is 3.77. The van der Waals surface area contributed by atoms with Crippen LogP contribution < -0.4 is 0 Å². The van der Waals surface area contributed by atoms with Crippen molar-refractivity contribution in [2.24, 2.45) is 11.8 Å². The number of sulfonamides is 1. The smallest absolute Gasteiger partial charge is 0.211 e. The largest absolute Gasteiger partial charge is 0.213 e. The molecule has 0 saturated carbocycles. The van der Waals surface area contributed by atoms with E-state index in [-0.39, 0.29) is 11.8 Å². The zero-order valence-corrected chi connectivity index (χ0v) is 14.7. The van der Waals surface area contributed by atoms with E-state index < -0.39 is 21.7 Å². The van der Waals surface area contributed by atoms with Gasteiger partial charge in [0.2, 0.25) is 10.0 Å². The van der Waals surface area contributed by atoms with Crippen molar-refractivity contribution in [1.82, 2.24) is 4.31 Å². The number of hydrogen-bond acceptors (Lipinski definition) is 2. The molecule has 1 aromatic rings. The monoisotopic (exact) mass is 345 g/mol. The van der Waals surface area contributed by atoms with Crippen LogP contribution in [0.25, 0.3) is 0 Å². The molecule has 3 nitrogen and oxygen atoms in total. The van der Waals surface area contributed by atoms with Gasteiger partial charge in [-0.25, -0.2) is 21.5 Å². The minimum Gasteiger partial charge on any atom is -0.213 e. The van der Waals surface area contributed by atoms with Crippen molar-refractivity contribution >= 4 is 10.0 Å². The number of rotatable bonds is 5. The molecule has 0 radical (unpaired) electrons. The van der Waals surface area contributed by atoms with Gasteiger partial charge in [0.05, 0.1) is 6.26 Å². The van der Waals surface area contributed by atoms with Gasteiger partial charge in [-0.15, -0.1) is 0 Å². The maximum atomic E-state index is 13.6. The summed E-state index contributed by atoms with van der Waals surface area (Å²) in [6.45, 7) is 5.15. The lowest BCUT2D eigenvalue weighted by Crippen LogP contribution is -2.39. The summed E-state index contributed by atoms with van der Waals surface area (Å²) in [4.78, 5) is 0. The Balaban J connectivity index is 2.20. The van der Waals surface area contributed by atoms with E-state index in [1.54, 1.807) is 0 Å². The quantitative estimate of drug-likeness (QED) is 0.815. The van der Waals surface area contributed by atoms with Gasteiger partial charge >= 0.3 is 0 Å². The van der Waals surface area contributed by atoms with Crippen molar-refractivity contribution in [2.75, 3.05) is 19.3 Å². The molecule has 2 rings (SSSR count). The maximum Gasteiger partial charge on any atom is 0.211 e. The van der Waals surface area contributed by atoms with E-state index in [2.05, 4.69) is 13.8 Å². The number of benzene rings is 1. The highest BCUT2D eigenvalue weighted by molar-refractivity contribution is 7.88. The van der Waals surface area contributed by atoms with Crippen LogP contribution in [-0.4, -0.2) is 32.1 Å². The van der Waals surface area contributed by atoms with Gasteiger partial charge in [0, 0.05) is 19.2 Å². The van der Waals surface area contributed by atoms with E-state index in [0.29, 0.717) is 24.6 Å². The van der Waals surface area contributed by atoms with Crippen molar-refractivity contribution in [3.8, 4) is 0 Å². The molecular weight excluding hydrogens is 320 g/mol. The SMILES string of the molecule is CC(C)C[C@@H](c1cc(F)cc(F)c1)C1CCN(S(C)(=O)=O)CC1. The van der Waals surface area contributed by atoms with Gasteiger partial charge < -0.3 is 0 Å². The van der Waals surface area contributed by atoms with Gasteiger partial charge in [0.25, 0.3) is 0 Å². The molecule has 1 saturated heterocycles. The number of piperidine rings is 1. The van der Waals surface area contributed by atoms with Gasteiger partial charge in [-0.3, -0.25) is 0 Å². The van der Waals surface area contributed by atoms with Gasteiger partial charge in [0.1, 0.15) is 11.6 Å². The van der Waals surface area contributed by atoms with Crippen LogP contribution in [0.3, 0.4) is 0 Å². The molecule has 23 heavy (non-hydrogen) atoms. The van der Waals surface area contributed by atoms with Crippen LogP contribution in [-0.2, 0) is 10.0 Å². The molecule has 1 aliphatic rings. The Morgan fingerprint density at radius 1 is 1.13 bits per heavy atom. The number of hydrogen-bond donors (Lipinski definition) is 0. The lowest BCUT2D eigenvalue weighted by atomic mass is 9.76. The molecule has 0 spiro atoms. The number of halogens is 2. The highest BCUT2D eigenvalue weighted by atomic mass is 32.2. The van der Waals surface area contributed by atoms with Crippen LogP contribution in [0.2, 0.25) is 0 Å². The summed E-state index contributed by atoms with van der Waals surface area (Å²) >= 11 is 0. The molecule has 130 valence electrons. The van der Waals surface area contributed by atoms with Crippen LogP contribution in [0.15, 0.2) is 18.2 Å². The molecule has 1 heterocycles. The van der Waals surface area contributed by atoms with Crippen LogP contribution >= 0.6 is 0 Å². The molecule has 1 atom stereocenters. The summed E-state index contributed by atoms with van der Waals surface area (Å²) in [7, 11) is -3.16. The second kappa shape index (κ2) is 7.26. The fourth-order valence-electron chi connectivity index (χ4n) is 3.51. The average Bonchev–Trinajstić information content (AvgIpc) is 2.42. The molecule has 6 heteroatoms. The van der Waals surface area contributed by atoms with E-state index in [1.807, 2.05) is 0 Å².